The number of hydrogen-bond donors (Lipinski definition) is 2. The summed E-state index contributed by atoms with van der Waals surface area (Å²) in [6.45, 7) is 5.24. The molecule has 0 spiro atoms. The Kier molecular flexibility index (Phi) is 6.14. The Morgan fingerprint density at radius 3 is 2.52 bits per heavy atom. The maximum Gasteiger partial charge on any atom is 0.328 e. The van der Waals surface area contributed by atoms with E-state index in [0.29, 0.717) is 6.42 Å². The molecule has 7 nitrogen and oxygen atoms in total. The molecule has 2 N–H and O–H groups in total. The number of nitrogens with one attached hydrogen (secondary N) is 1. The van der Waals surface area contributed by atoms with Crippen LogP contribution in [0.3, 0.4) is 0 Å². The molecule has 0 aromatic heterocycles. The molecule has 0 aliphatic carbocycles. The summed E-state index contributed by atoms with van der Waals surface area (Å²) in [6.07, 6.45) is 0.161. The zero-order valence-electron chi connectivity index (χ0n) is 13.0. The average molecular weight is 300 g/mol. The largest absolute Gasteiger partial charge is 0.467 e. The molecule has 2 amide bonds. The number of carbonyl (C=O) groups is 3. The predicted molar refractivity (Wildman–Crippen MR) is 75.2 cm³/mol. The minimum atomic E-state index is -0.751. The SMILES string of the molecule is CC[C@H](C)[C@@H](NC(=O)[C@@H]1C[C@@H](O)CN1C(C)=O)C(=O)OC. The van der Waals surface area contributed by atoms with Crippen LogP contribution in [0.5, 0.6) is 0 Å². The average Bonchev–Trinajstić information content (AvgIpc) is 2.85. The Morgan fingerprint density at radius 2 is 2.05 bits per heavy atom. The van der Waals surface area contributed by atoms with Crippen molar-refractivity contribution in [3.8, 4) is 0 Å². The van der Waals surface area contributed by atoms with Crippen molar-refractivity contribution in [1.29, 1.82) is 0 Å². The Bertz CT molecular complexity index is 412. The van der Waals surface area contributed by atoms with Gasteiger partial charge in [0.2, 0.25) is 11.8 Å². The molecule has 7 heteroatoms. The predicted octanol–water partition coefficient (Wildman–Crippen LogP) is -0.328. The van der Waals surface area contributed by atoms with Gasteiger partial charge in [-0.05, 0) is 5.92 Å². The number of carbonyl (C=O) groups excluding carboxylic acids is 3. The van der Waals surface area contributed by atoms with E-state index in [4.69, 9.17) is 4.74 Å². The van der Waals surface area contributed by atoms with Crippen molar-refractivity contribution in [2.24, 2.45) is 5.92 Å². The first-order valence-corrected chi connectivity index (χ1v) is 7.15. The second-order valence-electron chi connectivity index (χ2n) is 5.47. The highest BCUT2D eigenvalue weighted by Gasteiger charge is 2.39. The molecule has 4 atom stereocenters. The van der Waals surface area contributed by atoms with Gasteiger partial charge in [0, 0.05) is 19.9 Å². The quantitative estimate of drug-likeness (QED) is 0.678. The zero-order chi connectivity index (χ0) is 16.2. The van der Waals surface area contributed by atoms with Gasteiger partial charge in [-0.3, -0.25) is 9.59 Å². The molecule has 1 heterocycles. The fourth-order valence-electron chi connectivity index (χ4n) is 2.46. The summed E-state index contributed by atoms with van der Waals surface area (Å²) in [5.41, 5.74) is 0. The molecule has 21 heavy (non-hydrogen) atoms. The van der Waals surface area contributed by atoms with Gasteiger partial charge in [-0.15, -0.1) is 0 Å². The second-order valence-corrected chi connectivity index (χ2v) is 5.47. The minimum Gasteiger partial charge on any atom is -0.467 e. The van der Waals surface area contributed by atoms with E-state index < -0.39 is 30.1 Å². The van der Waals surface area contributed by atoms with Crippen LogP contribution in [0.2, 0.25) is 0 Å². The van der Waals surface area contributed by atoms with Crippen molar-refractivity contribution in [3.63, 3.8) is 0 Å². The van der Waals surface area contributed by atoms with Crippen molar-refractivity contribution in [3.05, 3.63) is 0 Å². The van der Waals surface area contributed by atoms with Gasteiger partial charge in [0.15, 0.2) is 0 Å². The maximum atomic E-state index is 12.3. The van der Waals surface area contributed by atoms with E-state index in [9.17, 15) is 19.5 Å². The number of methoxy groups -OCH3 is 1. The first-order chi connectivity index (χ1) is 9.81. The number of likely N-dealkylation sites (tertiary alicyclic amines) is 1. The summed E-state index contributed by atoms with van der Waals surface area (Å²) in [5.74, 6) is -1.30. The third-order valence-electron chi connectivity index (χ3n) is 3.95. The van der Waals surface area contributed by atoms with Gasteiger partial charge < -0.3 is 20.1 Å². The van der Waals surface area contributed by atoms with Crippen LogP contribution in [-0.4, -0.2) is 59.6 Å². The van der Waals surface area contributed by atoms with Crippen LogP contribution in [0.1, 0.15) is 33.6 Å². The lowest BCUT2D eigenvalue weighted by Gasteiger charge is -2.26. The van der Waals surface area contributed by atoms with Gasteiger partial charge >= 0.3 is 5.97 Å². The number of amides is 2. The van der Waals surface area contributed by atoms with Crippen LogP contribution < -0.4 is 5.32 Å². The third-order valence-corrected chi connectivity index (χ3v) is 3.95. The highest BCUT2D eigenvalue weighted by molar-refractivity contribution is 5.90. The van der Waals surface area contributed by atoms with Crippen LogP contribution in [0, 0.1) is 5.92 Å². The zero-order valence-corrected chi connectivity index (χ0v) is 13.0. The van der Waals surface area contributed by atoms with Gasteiger partial charge in [0.1, 0.15) is 12.1 Å². The van der Waals surface area contributed by atoms with Crippen LogP contribution >= 0.6 is 0 Å². The van der Waals surface area contributed by atoms with E-state index in [2.05, 4.69) is 5.32 Å². The summed E-state index contributed by atoms with van der Waals surface area (Å²) in [4.78, 5) is 36.9. The summed E-state index contributed by atoms with van der Waals surface area (Å²) >= 11 is 0. The van der Waals surface area contributed by atoms with Gasteiger partial charge in [-0.1, -0.05) is 20.3 Å². The fourth-order valence-corrected chi connectivity index (χ4v) is 2.46. The molecule has 1 saturated heterocycles. The molecule has 0 radical (unpaired) electrons. The number of esters is 1. The first-order valence-electron chi connectivity index (χ1n) is 7.15. The van der Waals surface area contributed by atoms with Crippen molar-refractivity contribution in [2.75, 3.05) is 13.7 Å². The van der Waals surface area contributed by atoms with Crippen molar-refractivity contribution in [1.82, 2.24) is 10.2 Å². The molecular weight excluding hydrogens is 276 g/mol. The van der Waals surface area contributed by atoms with Crippen LogP contribution in [0.4, 0.5) is 0 Å². The highest BCUT2D eigenvalue weighted by Crippen LogP contribution is 2.19. The lowest BCUT2D eigenvalue weighted by Crippen LogP contribution is -2.52. The van der Waals surface area contributed by atoms with Gasteiger partial charge in [-0.2, -0.15) is 0 Å². The Hall–Kier alpha value is -1.63. The van der Waals surface area contributed by atoms with E-state index >= 15 is 0 Å². The van der Waals surface area contributed by atoms with E-state index in [-0.39, 0.29) is 24.8 Å². The third kappa shape index (κ3) is 4.17. The molecular formula is C14H24N2O5. The number of nitrogens with zero attached hydrogens (tertiary/aromatic N) is 1. The summed E-state index contributed by atoms with van der Waals surface area (Å²) in [6, 6.07) is -1.49. The molecule has 1 fully saturated rings. The Balaban J connectivity index is 2.81. The molecule has 1 rings (SSSR count). The molecule has 120 valence electrons. The highest BCUT2D eigenvalue weighted by atomic mass is 16.5. The summed E-state index contributed by atoms with van der Waals surface area (Å²) < 4.78 is 4.71. The molecule has 0 unspecified atom stereocenters. The number of aliphatic hydroxyl groups is 1. The van der Waals surface area contributed by atoms with Crippen molar-refractivity contribution in [2.45, 2.75) is 51.8 Å². The minimum absolute atomic E-state index is 0.0847. The van der Waals surface area contributed by atoms with E-state index in [1.807, 2.05) is 13.8 Å². The summed E-state index contributed by atoms with van der Waals surface area (Å²) in [7, 11) is 1.27. The molecule has 1 aliphatic heterocycles. The Labute approximate surface area is 124 Å². The van der Waals surface area contributed by atoms with Crippen molar-refractivity contribution < 1.29 is 24.2 Å². The number of rotatable bonds is 5. The molecule has 0 bridgehead atoms. The van der Waals surface area contributed by atoms with Crippen LogP contribution in [-0.2, 0) is 19.1 Å². The molecule has 0 aromatic rings. The van der Waals surface area contributed by atoms with Crippen molar-refractivity contribution >= 4 is 17.8 Å². The first kappa shape index (κ1) is 17.4. The van der Waals surface area contributed by atoms with E-state index in [0.717, 1.165) is 0 Å². The van der Waals surface area contributed by atoms with Crippen LogP contribution in [0.15, 0.2) is 0 Å². The maximum absolute atomic E-state index is 12.3. The number of ether oxygens (including phenoxy) is 1. The normalized spacial score (nSPS) is 24.3. The molecule has 0 aromatic carbocycles. The smallest absolute Gasteiger partial charge is 0.328 e. The van der Waals surface area contributed by atoms with Gasteiger partial charge in [0.05, 0.1) is 13.2 Å². The number of hydrogen-bond acceptors (Lipinski definition) is 5. The fraction of sp³-hybridized carbons (Fsp3) is 0.786. The van der Waals surface area contributed by atoms with Gasteiger partial charge in [-0.25, -0.2) is 4.79 Å². The number of aliphatic hydroxyl groups excluding tert-OH is 1. The van der Waals surface area contributed by atoms with E-state index in [1.54, 1.807) is 0 Å². The summed E-state index contributed by atoms with van der Waals surface area (Å²) in [5, 5.41) is 12.3. The monoisotopic (exact) mass is 300 g/mol. The topological polar surface area (TPSA) is 95.9 Å². The Morgan fingerprint density at radius 1 is 1.43 bits per heavy atom. The van der Waals surface area contributed by atoms with E-state index in [1.165, 1.54) is 18.9 Å². The molecule has 1 aliphatic rings. The second kappa shape index (κ2) is 7.40. The van der Waals surface area contributed by atoms with Crippen LogP contribution in [0.25, 0.3) is 0 Å². The lowest BCUT2D eigenvalue weighted by molar-refractivity contribution is -0.147. The molecule has 0 saturated carbocycles. The standard InChI is InChI=1S/C14H24N2O5/c1-5-8(2)12(14(20)21-4)15-13(19)11-6-10(18)7-16(11)9(3)17/h8,10-12,18H,5-7H2,1-4H3,(H,15,19)/t8-,10+,11-,12+/m0/s1. The van der Waals surface area contributed by atoms with Gasteiger partial charge in [0.25, 0.3) is 0 Å². The lowest BCUT2D eigenvalue weighted by atomic mass is 9.98. The number of β-amino-alcohol motifs (C(OH)–C–C–N with tert-alkyl or cyclic N) is 1.